The number of rotatable bonds is 1. The molecule has 0 saturated carbocycles. The van der Waals surface area contributed by atoms with Crippen molar-refractivity contribution in [1.29, 1.82) is 0 Å². The molecule has 0 bridgehead atoms. The quantitative estimate of drug-likeness (QED) is 0.603. The van der Waals surface area contributed by atoms with E-state index >= 15 is 0 Å². The van der Waals surface area contributed by atoms with E-state index in [2.05, 4.69) is 77.2 Å². The van der Waals surface area contributed by atoms with Gasteiger partial charge in [-0.2, -0.15) is 0 Å². The van der Waals surface area contributed by atoms with Crippen LogP contribution in [0.5, 0.6) is 0 Å². The molecule has 1 rings (SSSR count). The molecule has 0 atom stereocenters. The summed E-state index contributed by atoms with van der Waals surface area (Å²) < 4.78 is 0.679. The van der Waals surface area contributed by atoms with Gasteiger partial charge in [-0.15, -0.1) is 23.5 Å². The van der Waals surface area contributed by atoms with E-state index in [1.165, 1.54) is 11.5 Å². The zero-order valence-electron chi connectivity index (χ0n) is 11.5. The van der Waals surface area contributed by atoms with Gasteiger partial charge in [0.2, 0.25) is 0 Å². The van der Waals surface area contributed by atoms with Gasteiger partial charge < -0.3 is 0 Å². The lowest BCUT2D eigenvalue weighted by Gasteiger charge is -2.35. The lowest BCUT2D eigenvalue weighted by molar-refractivity contribution is 0.293. The second-order valence-corrected chi connectivity index (χ2v) is 9.47. The largest absolute Gasteiger partial charge is 0.143 e. The van der Waals surface area contributed by atoms with Gasteiger partial charge in [-0.25, -0.2) is 0 Å². The van der Waals surface area contributed by atoms with Crippen molar-refractivity contribution in [2.24, 2.45) is 16.7 Å². The molecule has 2 heteroatoms. The minimum atomic E-state index is 0.321. The van der Waals surface area contributed by atoms with Crippen LogP contribution in [0, 0.1) is 16.7 Å². The number of hydrogen-bond donors (Lipinski definition) is 0. The van der Waals surface area contributed by atoms with Crippen LogP contribution in [0.4, 0.5) is 0 Å². The first-order valence-corrected chi connectivity index (χ1v) is 8.21. The average molecular weight is 258 g/mol. The Morgan fingerprint density at radius 2 is 1.44 bits per heavy atom. The number of hydrogen-bond acceptors (Lipinski definition) is 2. The predicted octanol–water partition coefficient (Wildman–Crippen LogP) is 5.06. The van der Waals surface area contributed by atoms with Crippen LogP contribution in [0.2, 0.25) is 0 Å². The Labute approximate surface area is 110 Å². The molecule has 0 amide bonds. The van der Waals surface area contributed by atoms with E-state index in [1.54, 1.807) is 0 Å². The van der Waals surface area contributed by atoms with Crippen LogP contribution in [-0.2, 0) is 0 Å². The van der Waals surface area contributed by atoms with E-state index in [0.717, 1.165) is 5.92 Å². The smallest absolute Gasteiger partial charge is 0.0682 e. The van der Waals surface area contributed by atoms with Crippen LogP contribution < -0.4 is 0 Å². The molecule has 1 heterocycles. The Bertz CT molecular complexity index is 234. The molecule has 94 valence electrons. The van der Waals surface area contributed by atoms with Crippen molar-refractivity contribution < 1.29 is 0 Å². The maximum absolute atomic E-state index is 2.40. The first-order chi connectivity index (χ1) is 7.18. The molecule has 0 N–H and O–H groups in total. The highest BCUT2D eigenvalue weighted by Gasteiger charge is 2.29. The van der Waals surface area contributed by atoms with Crippen molar-refractivity contribution in [2.75, 3.05) is 11.5 Å². The molecular formula is C14H26S2. The average Bonchev–Trinajstić information content (AvgIpc) is 2.13. The molecule has 1 aliphatic heterocycles. The van der Waals surface area contributed by atoms with Gasteiger partial charge in [0, 0.05) is 0 Å². The first kappa shape index (κ1) is 14.5. The highest BCUT2D eigenvalue weighted by Crippen LogP contribution is 2.41. The molecule has 16 heavy (non-hydrogen) atoms. The van der Waals surface area contributed by atoms with E-state index < -0.39 is 0 Å². The summed E-state index contributed by atoms with van der Waals surface area (Å²) in [5, 5.41) is 0. The zero-order valence-corrected chi connectivity index (χ0v) is 13.2. The van der Waals surface area contributed by atoms with E-state index in [9.17, 15) is 0 Å². The first-order valence-electron chi connectivity index (χ1n) is 6.11. The fourth-order valence-electron chi connectivity index (χ4n) is 1.50. The van der Waals surface area contributed by atoms with Gasteiger partial charge in [-0.3, -0.25) is 0 Å². The maximum atomic E-state index is 2.40. The molecule has 0 spiro atoms. The van der Waals surface area contributed by atoms with Crippen LogP contribution >= 0.6 is 23.5 Å². The van der Waals surface area contributed by atoms with E-state index in [4.69, 9.17) is 0 Å². The van der Waals surface area contributed by atoms with Gasteiger partial charge in [0.1, 0.15) is 0 Å². The van der Waals surface area contributed by atoms with Gasteiger partial charge in [0.25, 0.3) is 0 Å². The topological polar surface area (TPSA) is 0 Å². The molecule has 0 aliphatic carbocycles. The van der Waals surface area contributed by atoms with Crippen LogP contribution in [0.3, 0.4) is 0 Å². The van der Waals surface area contributed by atoms with Gasteiger partial charge in [0.05, 0.1) is 4.58 Å². The lowest BCUT2D eigenvalue weighted by Crippen LogP contribution is -2.29. The third-order valence-corrected chi connectivity index (χ3v) is 5.88. The molecule has 0 unspecified atom stereocenters. The highest BCUT2D eigenvalue weighted by atomic mass is 32.2. The third-order valence-electron chi connectivity index (χ3n) is 2.90. The van der Waals surface area contributed by atoms with Crippen molar-refractivity contribution in [3.05, 3.63) is 12.2 Å². The van der Waals surface area contributed by atoms with E-state index in [1.807, 2.05) is 0 Å². The summed E-state index contributed by atoms with van der Waals surface area (Å²) >= 11 is 4.23. The minimum Gasteiger partial charge on any atom is -0.143 e. The maximum Gasteiger partial charge on any atom is 0.0682 e. The van der Waals surface area contributed by atoms with Crippen molar-refractivity contribution in [3.63, 3.8) is 0 Å². The third kappa shape index (κ3) is 5.18. The Balaban J connectivity index is 2.41. The fourth-order valence-corrected chi connectivity index (χ4v) is 4.96. The Kier molecular flexibility index (Phi) is 4.88. The van der Waals surface area contributed by atoms with Crippen molar-refractivity contribution in [2.45, 2.75) is 46.1 Å². The summed E-state index contributed by atoms with van der Waals surface area (Å²) in [5.74, 6) is 3.49. The summed E-state index contributed by atoms with van der Waals surface area (Å²) in [6.07, 6.45) is 4.75. The van der Waals surface area contributed by atoms with Crippen LogP contribution in [0.15, 0.2) is 12.2 Å². The second kappa shape index (κ2) is 5.39. The monoisotopic (exact) mass is 258 g/mol. The predicted molar refractivity (Wildman–Crippen MR) is 80.2 cm³/mol. The molecule has 1 saturated heterocycles. The van der Waals surface area contributed by atoms with Gasteiger partial charge >= 0.3 is 0 Å². The van der Waals surface area contributed by atoms with Crippen molar-refractivity contribution >= 4 is 23.5 Å². The molecule has 0 aromatic heterocycles. The summed E-state index contributed by atoms with van der Waals surface area (Å²) in [6.45, 7) is 13.9. The van der Waals surface area contributed by atoms with E-state index in [-0.39, 0.29) is 0 Å². The summed E-state index contributed by atoms with van der Waals surface area (Å²) in [6, 6.07) is 0. The standard InChI is InChI=1S/C14H26S2/c1-13(2,3)8-7-12-15-9-11(10-16-12)14(4,5)6/h7-8,11-12H,9-10H2,1-6H3. The Hall–Kier alpha value is 0.440. The number of allylic oxidation sites excluding steroid dienone is 1. The molecule has 0 radical (unpaired) electrons. The SMILES string of the molecule is CC(C)(C)C=CC1SCC(C(C)(C)C)CS1. The zero-order chi connectivity index (χ0) is 12.4. The van der Waals surface area contributed by atoms with Crippen LogP contribution in [-0.4, -0.2) is 16.1 Å². The molecule has 1 fully saturated rings. The summed E-state index contributed by atoms with van der Waals surface area (Å²) in [4.78, 5) is 0. The normalized spacial score (nSPS) is 28.6. The second-order valence-electron chi connectivity index (χ2n) is 6.82. The Morgan fingerprint density at radius 3 is 1.81 bits per heavy atom. The molecular weight excluding hydrogens is 232 g/mol. The van der Waals surface area contributed by atoms with Gasteiger partial charge in [-0.1, -0.05) is 53.7 Å². The fraction of sp³-hybridized carbons (Fsp3) is 0.857. The van der Waals surface area contributed by atoms with Crippen molar-refractivity contribution in [3.8, 4) is 0 Å². The van der Waals surface area contributed by atoms with Crippen LogP contribution in [0.25, 0.3) is 0 Å². The summed E-state index contributed by atoms with van der Waals surface area (Å²) in [7, 11) is 0. The highest BCUT2D eigenvalue weighted by molar-refractivity contribution is 8.17. The molecule has 0 aromatic rings. The lowest BCUT2D eigenvalue weighted by atomic mass is 9.83. The van der Waals surface area contributed by atoms with Gasteiger partial charge in [-0.05, 0) is 28.3 Å². The van der Waals surface area contributed by atoms with Crippen LogP contribution in [0.1, 0.15) is 41.5 Å². The molecule has 1 aliphatic rings. The minimum absolute atomic E-state index is 0.321. The van der Waals surface area contributed by atoms with Crippen molar-refractivity contribution in [1.82, 2.24) is 0 Å². The Morgan fingerprint density at radius 1 is 0.938 bits per heavy atom. The van der Waals surface area contributed by atoms with Gasteiger partial charge in [0.15, 0.2) is 0 Å². The molecule has 0 nitrogen and oxygen atoms in total. The van der Waals surface area contributed by atoms with E-state index in [0.29, 0.717) is 15.4 Å². The summed E-state index contributed by atoms with van der Waals surface area (Å²) in [5.41, 5.74) is 0.792. The molecule has 0 aromatic carbocycles. The number of thioether (sulfide) groups is 2.